The molecule has 0 aromatic rings. The van der Waals surface area contributed by atoms with E-state index in [1.54, 1.807) is 0 Å². The van der Waals surface area contributed by atoms with E-state index >= 15 is 0 Å². The summed E-state index contributed by atoms with van der Waals surface area (Å²) < 4.78 is 0. The summed E-state index contributed by atoms with van der Waals surface area (Å²) in [6, 6.07) is 1.92. The Morgan fingerprint density at radius 3 is 2.91 bits per heavy atom. The molecule has 1 amide bonds. The highest BCUT2D eigenvalue weighted by Gasteiger charge is 1.97. The van der Waals surface area contributed by atoms with Gasteiger partial charge in [0.2, 0.25) is 5.91 Å². The van der Waals surface area contributed by atoms with Gasteiger partial charge in [-0.05, 0) is 6.42 Å². The molecule has 4 heteroatoms. The van der Waals surface area contributed by atoms with E-state index in [1.165, 1.54) is 0 Å². The third-order valence-electron chi connectivity index (χ3n) is 1.12. The van der Waals surface area contributed by atoms with Gasteiger partial charge in [0, 0.05) is 19.6 Å². The minimum Gasteiger partial charge on any atom is -0.396 e. The number of carbonyl (C=O) groups excluding carboxylic acids is 1. The van der Waals surface area contributed by atoms with Gasteiger partial charge in [-0.15, -0.1) is 0 Å². The molecule has 11 heavy (non-hydrogen) atoms. The largest absolute Gasteiger partial charge is 0.396 e. The summed E-state index contributed by atoms with van der Waals surface area (Å²) in [7, 11) is 0. The maximum absolute atomic E-state index is 10.7. The molecule has 0 aliphatic carbocycles. The van der Waals surface area contributed by atoms with Crippen LogP contribution in [0.1, 0.15) is 19.3 Å². The zero-order valence-corrected chi connectivity index (χ0v) is 6.34. The smallest absolute Gasteiger partial charge is 0.220 e. The highest BCUT2D eigenvalue weighted by Crippen LogP contribution is 1.86. The van der Waals surface area contributed by atoms with Gasteiger partial charge in [0.25, 0.3) is 0 Å². The molecular formula is C7H12N2O2. The Labute approximate surface area is 65.8 Å². The van der Waals surface area contributed by atoms with Crippen molar-refractivity contribution in [3.63, 3.8) is 0 Å². The molecule has 0 atom stereocenters. The molecule has 62 valence electrons. The summed E-state index contributed by atoms with van der Waals surface area (Å²) in [5.74, 6) is -0.102. The second-order valence-corrected chi connectivity index (χ2v) is 2.09. The van der Waals surface area contributed by atoms with Gasteiger partial charge in [-0.2, -0.15) is 5.26 Å². The second-order valence-electron chi connectivity index (χ2n) is 2.09. The van der Waals surface area contributed by atoms with E-state index in [0.29, 0.717) is 25.8 Å². The Morgan fingerprint density at radius 1 is 1.64 bits per heavy atom. The molecule has 0 aromatic carbocycles. The molecule has 0 bridgehead atoms. The average Bonchev–Trinajstić information content (AvgIpc) is 2.01. The van der Waals surface area contributed by atoms with Crippen molar-refractivity contribution in [1.29, 1.82) is 5.26 Å². The Bertz CT molecular complexity index is 151. The van der Waals surface area contributed by atoms with E-state index in [4.69, 9.17) is 10.4 Å². The molecule has 0 radical (unpaired) electrons. The highest BCUT2D eigenvalue weighted by molar-refractivity contribution is 5.75. The Kier molecular flexibility index (Phi) is 6.34. The number of aliphatic hydroxyl groups is 1. The lowest BCUT2D eigenvalue weighted by Crippen LogP contribution is -2.23. The highest BCUT2D eigenvalue weighted by atomic mass is 16.3. The first-order chi connectivity index (χ1) is 5.31. The first-order valence-corrected chi connectivity index (χ1v) is 3.55. The second kappa shape index (κ2) is 7.03. The number of amides is 1. The number of aliphatic hydroxyl groups excluding tert-OH is 1. The monoisotopic (exact) mass is 156 g/mol. The number of nitriles is 1. The Morgan fingerprint density at radius 2 is 2.36 bits per heavy atom. The number of hydrogen-bond acceptors (Lipinski definition) is 3. The van der Waals surface area contributed by atoms with Crippen molar-refractivity contribution in [3.05, 3.63) is 0 Å². The van der Waals surface area contributed by atoms with Crippen LogP contribution in [-0.4, -0.2) is 24.2 Å². The minimum atomic E-state index is -0.102. The molecule has 0 fully saturated rings. The molecule has 0 aliphatic rings. The summed E-state index contributed by atoms with van der Waals surface area (Å²) >= 11 is 0. The predicted octanol–water partition coefficient (Wildman–Crippen LogP) is -0.211. The van der Waals surface area contributed by atoms with Gasteiger partial charge in [0.1, 0.15) is 0 Å². The quantitative estimate of drug-likeness (QED) is 0.541. The van der Waals surface area contributed by atoms with Crippen molar-refractivity contribution >= 4 is 5.91 Å². The van der Waals surface area contributed by atoms with Crippen LogP contribution >= 0.6 is 0 Å². The summed E-state index contributed by atoms with van der Waals surface area (Å²) in [6.07, 6.45) is 1.16. The Hall–Kier alpha value is -1.08. The van der Waals surface area contributed by atoms with Crippen molar-refractivity contribution in [2.45, 2.75) is 19.3 Å². The van der Waals surface area contributed by atoms with Crippen LogP contribution in [0.5, 0.6) is 0 Å². The third-order valence-corrected chi connectivity index (χ3v) is 1.12. The minimum absolute atomic E-state index is 0.0334. The molecule has 0 saturated heterocycles. The summed E-state index contributed by atoms with van der Waals surface area (Å²) in [5, 5.41) is 19.0. The normalized spacial score (nSPS) is 8.73. The molecular weight excluding hydrogens is 144 g/mol. The molecule has 0 heterocycles. The molecule has 0 saturated carbocycles. The van der Waals surface area contributed by atoms with Crippen molar-refractivity contribution in [2.24, 2.45) is 0 Å². The van der Waals surface area contributed by atoms with E-state index in [2.05, 4.69) is 5.32 Å². The summed E-state index contributed by atoms with van der Waals surface area (Å²) in [5.41, 5.74) is 0. The van der Waals surface area contributed by atoms with Gasteiger partial charge in [0.05, 0.1) is 12.5 Å². The lowest BCUT2D eigenvalue weighted by molar-refractivity contribution is -0.121. The first-order valence-electron chi connectivity index (χ1n) is 3.55. The molecule has 2 N–H and O–H groups in total. The van der Waals surface area contributed by atoms with Crippen LogP contribution in [0.4, 0.5) is 0 Å². The maximum Gasteiger partial charge on any atom is 0.220 e. The van der Waals surface area contributed by atoms with Crippen LogP contribution < -0.4 is 5.32 Å². The SMILES string of the molecule is N#CCCNC(=O)CCCO. The number of rotatable bonds is 5. The molecule has 0 spiro atoms. The number of nitrogens with zero attached hydrogens (tertiary/aromatic N) is 1. The van der Waals surface area contributed by atoms with Gasteiger partial charge in [0.15, 0.2) is 0 Å². The Balaban J connectivity index is 3.17. The van der Waals surface area contributed by atoms with E-state index in [1.807, 2.05) is 6.07 Å². The first kappa shape index (κ1) is 9.92. The standard InChI is InChI=1S/C7H12N2O2/c8-4-2-5-9-7(11)3-1-6-10/h10H,1-3,5-6H2,(H,9,11). The van der Waals surface area contributed by atoms with Crippen molar-refractivity contribution in [2.75, 3.05) is 13.2 Å². The predicted molar refractivity (Wildman–Crippen MR) is 39.6 cm³/mol. The molecule has 4 nitrogen and oxygen atoms in total. The number of carbonyl (C=O) groups is 1. The number of nitrogens with one attached hydrogen (secondary N) is 1. The number of hydrogen-bond donors (Lipinski definition) is 2. The molecule has 0 unspecified atom stereocenters. The molecule has 0 aromatic heterocycles. The average molecular weight is 156 g/mol. The summed E-state index contributed by atoms with van der Waals surface area (Å²) in [6.45, 7) is 0.437. The zero-order valence-electron chi connectivity index (χ0n) is 6.34. The van der Waals surface area contributed by atoms with E-state index in [0.717, 1.165) is 0 Å². The molecule has 0 rings (SSSR count). The van der Waals surface area contributed by atoms with Gasteiger partial charge in [-0.3, -0.25) is 4.79 Å². The third kappa shape index (κ3) is 6.81. The van der Waals surface area contributed by atoms with Crippen molar-refractivity contribution in [3.8, 4) is 6.07 Å². The van der Waals surface area contributed by atoms with Crippen LogP contribution in [0.3, 0.4) is 0 Å². The van der Waals surface area contributed by atoms with Crippen LogP contribution in [0.15, 0.2) is 0 Å². The van der Waals surface area contributed by atoms with Crippen LogP contribution in [-0.2, 0) is 4.79 Å². The van der Waals surface area contributed by atoms with Crippen molar-refractivity contribution < 1.29 is 9.90 Å². The fourth-order valence-corrected chi connectivity index (χ4v) is 0.586. The van der Waals surface area contributed by atoms with Crippen molar-refractivity contribution in [1.82, 2.24) is 5.32 Å². The van der Waals surface area contributed by atoms with Gasteiger partial charge >= 0.3 is 0 Å². The van der Waals surface area contributed by atoms with Crippen LogP contribution in [0.25, 0.3) is 0 Å². The fraction of sp³-hybridized carbons (Fsp3) is 0.714. The van der Waals surface area contributed by atoms with E-state index in [-0.39, 0.29) is 12.5 Å². The van der Waals surface area contributed by atoms with Gasteiger partial charge in [-0.25, -0.2) is 0 Å². The topological polar surface area (TPSA) is 73.1 Å². The van der Waals surface area contributed by atoms with Crippen LogP contribution in [0.2, 0.25) is 0 Å². The van der Waals surface area contributed by atoms with Gasteiger partial charge < -0.3 is 10.4 Å². The summed E-state index contributed by atoms with van der Waals surface area (Å²) in [4.78, 5) is 10.7. The lowest BCUT2D eigenvalue weighted by Gasteiger charge is -1.99. The van der Waals surface area contributed by atoms with E-state index in [9.17, 15) is 4.79 Å². The molecule has 0 aliphatic heterocycles. The van der Waals surface area contributed by atoms with Crippen LogP contribution in [0, 0.1) is 11.3 Å². The van der Waals surface area contributed by atoms with E-state index < -0.39 is 0 Å². The zero-order chi connectivity index (χ0) is 8.53. The van der Waals surface area contributed by atoms with Gasteiger partial charge in [-0.1, -0.05) is 0 Å². The maximum atomic E-state index is 10.7. The fourth-order valence-electron chi connectivity index (χ4n) is 0.586. The lowest BCUT2D eigenvalue weighted by atomic mass is 10.3.